The Morgan fingerprint density at radius 3 is 2.53 bits per heavy atom. The number of carbonyl (C=O) groups is 1. The van der Waals surface area contributed by atoms with Crippen LogP contribution in [-0.2, 0) is 0 Å². The van der Waals surface area contributed by atoms with Crippen molar-refractivity contribution in [3.8, 4) is 10.6 Å². The summed E-state index contributed by atoms with van der Waals surface area (Å²) in [6.45, 7) is 0. The zero-order valence-electron chi connectivity index (χ0n) is 16.6. The molecule has 0 unspecified atom stereocenters. The first kappa shape index (κ1) is 21.0. The first-order chi connectivity index (χ1) is 15.6. The third-order valence-corrected chi connectivity index (χ3v) is 6.94. The van der Waals surface area contributed by atoms with E-state index in [1.54, 1.807) is 17.4 Å². The summed E-state index contributed by atoms with van der Waals surface area (Å²) in [5.74, 6) is -0.250. The molecule has 0 atom stereocenters. The lowest BCUT2D eigenvalue weighted by Crippen LogP contribution is -2.34. The normalized spacial score (nSPS) is 10.9. The van der Waals surface area contributed by atoms with Crippen molar-refractivity contribution in [2.45, 2.75) is 0 Å². The summed E-state index contributed by atoms with van der Waals surface area (Å²) in [5.41, 5.74) is 3.26. The second-order valence-corrected chi connectivity index (χ2v) is 9.83. The molecule has 4 aromatic carbocycles. The van der Waals surface area contributed by atoms with Crippen LogP contribution in [0, 0.1) is 3.57 Å². The molecule has 0 aliphatic heterocycles. The smallest absolute Gasteiger partial charge is 0.257 e. The molecule has 0 fully saturated rings. The lowest BCUT2D eigenvalue weighted by Gasteiger charge is -2.13. The number of nitrogens with one attached hydrogen (secondary N) is 2. The van der Waals surface area contributed by atoms with Crippen LogP contribution in [0.5, 0.6) is 0 Å². The summed E-state index contributed by atoms with van der Waals surface area (Å²) in [6, 6.07) is 27.6. The van der Waals surface area contributed by atoms with Gasteiger partial charge in [-0.05, 0) is 88.0 Å². The molecule has 4 nitrogen and oxygen atoms in total. The number of benzene rings is 4. The number of anilines is 1. The van der Waals surface area contributed by atoms with Gasteiger partial charge in [-0.15, -0.1) is 11.3 Å². The maximum atomic E-state index is 12.8. The van der Waals surface area contributed by atoms with Gasteiger partial charge in [0.2, 0.25) is 0 Å². The van der Waals surface area contributed by atoms with Gasteiger partial charge in [0.05, 0.1) is 15.9 Å². The fourth-order valence-corrected chi connectivity index (χ4v) is 5.14. The third-order valence-electron chi connectivity index (χ3n) is 4.99. The summed E-state index contributed by atoms with van der Waals surface area (Å²) in [5, 5.41) is 9.21. The molecule has 0 saturated heterocycles. The van der Waals surface area contributed by atoms with Crippen molar-refractivity contribution in [3.05, 3.63) is 94.1 Å². The Kier molecular flexibility index (Phi) is 5.86. The molecule has 2 N–H and O–H groups in total. The molecular formula is C25H16IN3OS2. The summed E-state index contributed by atoms with van der Waals surface area (Å²) >= 11 is 9.36. The van der Waals surface area contributed by atoms with Gasteiger partial charge in [-0.3, -0.25) is 10.1 Å². The minimum absolute atomic E-state index is 0.242. The zero-order chi connectivity index (χ0) is 22.1. The van der Waals surface area contributed by atoms with Crippen molar-refractivity contribution in [1.82, 2.24) is 10.3 Å². The topological polar surface area (TPSA) is 54.0 Å². The molecule has 1 amide bonds. The van der Waals surface area contributed by atoms with Crippen LogP contribution >= 0.6 is 46.1 Å². The molecule has 32 heavy (non-hydrogen) atoms. The first-order valence-electron chi connectivity index (χ1n) is 9.83. The number of aromatic nitrogens is 1. The number of carbonyl (C=O) groups excluding carboxylic acids is 1. The number of thiazole rings is 1. The highest BCUT2D eigenvalue weighted by atomic mass is 127. The molecule has 5 aromatic rings. The van der Waals surface area contributed by atoms with Gasteiger partial charge in [-0.2, -0.15) is 0 Å². The van der Waals surface area contributed by atoms with E-state index < -0.39 is 0 Å². The Hall–Kier alpha value is -2.88. The van der Waals surface area contributed by atoms with Gasteiger partial charge < -0.3 is 5.32 Å². The van der Waals surface area contributed by atoms with Gasteiger partial charge in [0, 0.05) is 14.7 Å². The van der Waals surface area contributed by atoms with Crippen LogP contribution in [0.1, 0.15) is 10.4 Å². The summed E-state index contributed by atoms with van der Waals surface area (Å²) < 4.78 is 2.22. The Balaban J connectivity index is 1.38. The molecular weight excluding hydrogens is 549 g/mol. The van der Waals surface area contributed by atoms with Crippen molar-refractivity contribution in [3.63, 3.8) is 0 Å². The van der Waals surface area contributed by atoms with Crippen molar-refractivity contribution in [2.75, 3.05) is 5.32 Å². The second-order valence-electron chi connectivity index (χ2n) is 7.15. The largest absolute Gasteiger partial charge is 0.332 e. The highest BCUT2D eigenvalue weighted by Gasteiger charge is 2.14. The van der Waals surface area contributed by atoms with Crippen LogP contribution in [0.4, 0.5) is 5.69 Å². The molecule has 1 heterocycles. The minimum atomic E-state index is -0.250. The van der Waals surface area contributed by atoms with Gasteiger partial charge in [0.15, 0.2) is 5.11 Å². The van der Waals surface area contributed by atoms with E-state index in [1.807, 2.05) is 66.7 Å². The van der Waals surface area contributed by atoms with Gasteiger partial charge in [0.1, 0.15) is 5.01 Å². The second kappa shape index (κ2) is 8.93. The summed E-state index contributed by atoms with van der Waals surface area (Å²) in [6.07, 6.45) is 0. The lowest BCUT2D eigenvalue weighted by atomic mass is 10.1. The van der Waals surface area contributed by atoms with E-state index in [9.17, 15) is 4.79 Å². The summed E-state index contributed by atoms with van der Waals surface area (Å²) in [4.78, 5) is 17.5. The molecule has 7 heteroatoms. The van der Waals surface area contributed by atoms with E-state index in [0.29, 0.717) is 5.56 Å². The molecule has 0 saturated carbocycles. The van der Waals surface area contributed by atoms with E-state index in [2.05, 4.69) is 45.4 Å². The van der Waals surface area contributed by atoms with E-state index in [4.69, 9.17) is 17.2 Å². The molecule has 0 bridgehead atoms. The maximum absolute atomic E-state index is 12.8. The van der Waals surface area contributed by atoms with Crippen LogP contribution in [0.15, 0.2) is 84.9 Å². The van der Waals surface area contributed by atoms with Crippen LogP contribution in [0.2, 0.25) is 0 Å². The average Bonchev–Trinajstić information content (AvgIpc) is 3.24. The quantitative estimate of drug-likeness (QED) is 0.186. The lowest BCUT2D eigenvalue weighted by molar-refractivity contribution is 0.0978. The van der Waals surface area contributed by atoms with Crippen LogP contribution in [0.3, 0.4) is 0 Å². The number of hydrogen-bond donors (Lipinski definition) is 2. The molecule has 5 rings (SSSR count). The Labute approximate surface area is 207 Å². The van der Waals surface area contributed by atoms with E-state index in [1.165, 1.54) is 0 Å². The van der Waals surface area contributed by atoms with Gasteiger partial charge in [0.25, 0.3) is 5.91 Å². The SMILES string of the molecule is O=C(NC(=S)Nc1ccc(I)cc1-c1nc2ccccc2s1)c1ccc2ccccc2c1. The molecule has 0 aliphatic rings. The Morgan fingerprint density at radius 1 is 0.906 bits per heavy atom. The molecule has 0 radical (unpaired) electrons. The van der Waals surface area contributed by atoms with Crippen LogP contribution in [0.25, 0.3) is 31.6 Å². The monoisotopic (exact) mass is 565 g/mol. The van der Waals surface area contributed by atoms with E-state index in [-0.39, 0.29) is 11.0 Å². The fourth-order valence-electron chi connectivity index (χ4n) is 3.45. The summed E-state index contributed by atoms with van der Waals surface area (Å²) in [7, 11) is 0. The van der Waals surface area contributed by atoms with Crippen molar-refractivity contribution >= 4 is 83.8 Å². The molecule has 0 aliphatic carbocycles. The first-order valence-corrected chi connectivity index (χ1v) is 12.1. The number of thiocarbonyl (C=S) groups is 1. The van der Waals surface area contributed by atoms with E-state index in [0.717, 1.165) is 40.8 Å². The third kappa shape index (κ3) is 4.36. The number of nitrogens with zero attached hydrogens (tertiary/aromatic N) is 1. The van der Waals surface area contributed by atoms with Gasteiger partial charge in [-0.1, -0.05) is 42.5 Å². The zero-order valence-corrected chi connectivity index (χ0v) is 20.4. The Bertz CT molecular complexity index is 1460. The van der Waals surface area contributed by atoms with Crippen LogP contribution in [-0.4, -0.2) is 16.0 Å². The average molecular weight is 565 g/mol. The van der Waals surface area contributed by atoms with Crippen molar-refractivity contribution in [1.29, 1.82) is 0 Å². The van der Waals surface area contributed by atoms with Gasteiger partial charge >= 0.3 is 0 Å². The fraction of sp³-hybridized carbons (Fsp3) is 0. The highest BCUT2D eigenvalue weighted by Crippen LogP contribution is 2.35. The molecule has 0 spiro atoms. The molecule has 156 valence electrons. The standard InChI is InChI=1S/C25H16IN3OS2/c26-18-11-12-20(19(14-18)24-27-21-7-3-4-8-22(21)32-24)28-25(31)29-23(30)17-10-9-15-5-1-2-6-16(15)13-17/h1-14H,(H2,28,29,30,31). The minimum Gasteiger partial charge on any atom is -0.332 e. The number of amides is 1. The van der Waals surface area contributed by atoms with Crippen molar-refractivity contribution in [2.24, 2.45) is 0 Å². The van der Waals surface area contributed by atoms with Crippen molar-refractivity contribution < 1.29 is 4.79 Å². The predicted octanol–water partition coefficient (Wildman–Crippen LogP) is 6.85. The number of para-hydroxylation sites is 1. The maximum Gasteiger partial charge on any atom is 0.257 e. The number of halogens is 1. The van der Waals surface area contributed by atoms with Crippen LogP contribution < -0.4 is 10.6 Å². The Morgan fingerprint density at radius 2 is 1.69 bits per heavy atom. The number of rotatable bonds is 3. The molecule has 1 aromatic heterocycles. The number of hydrogen-bond acceptors (Lipinski definition) is 4. The van der Waals surface area contributed by atoms with E-state index >= 15 is 0 Å². The predicted molar refractivity (Wildman–Crippen MR) is 145 cm³/mol. The number of fused-ring (bicyclic) bond motifs is 2. The van der Waals surface area contributed by atoms with Gasteiger partial charge in [-0.25, -0.2) is 4.98 Å². The highest BCUT2D eigenvalue weighted by molar-refractivity contribution is 14.1.